The van der Waals surface area contributed by atoms with Gasteiger partial charge in [-0.05, 0) is 37.0 Å². The van der Waals surface area contributed by atoms with E-state index in [1.807, 2.05) is 6.07 Å². The molecule has 0 aliphatic rings. The lowest BCUT2D eigenvalue weighted by Gasteiger charge is -2.10. The third-order valence-corrected chi connectivity index (χ3v) is 3.25. The monoisotopic (exact) mass is 281 g/mol. The van der Waals surface area contributed by atoms with Crippen molar-refractivity contribution in [3.05, 3.63) is 59.7 Å². The average Bonchev–Trinajstić information content (AvgIpc) is 2.55. The third-order valence-electron chi connectivity index (χ3n) is 3.25. The van der Waals surface area contributed by atoms with E-state index in [1.54, 1.807) is 25.3 Å². The Labute approximate surface area is 125 Å². The Morgan fingerprint density at radius 3 is 2.52 bits per heavy atom. The van der Waals surface area contributed by atoms with E-state index in [-0.39, 0.29) is 0 Å². The fourth-order valence-corrected chi connectivity index (χ4v) is 2.11. The second-order valence-corrected chi connectivity index (χ2v) is 4.77. The van der Waals surface area contributed by atoms with E-state index in [1.165, 1.54) is 5.56 Å². The molecule has 0 radical (unpaired) electrons. The number of ether oxygens (including phenoxy) is 2. The second-order valence-electron chi connectivity index (χ2n) is 4.77. The molecule has 2 rings (SSSR count). The van der Waals surface area contributed by atoms with Crippen LogP contribution in [-0.2, 0) is 6.42 Å². The second kappa shape index (κ2) is 7.96. The maximum atomic E-state index is 8.86. The van der Waals surface area contributed by atoms with Crippen molar-refractivity contribution in [1.29, 1.82) is 5.26 Å². The van der Waals surface area contributed by atoms with Gasteiger partial charge in [0.25, 0.3) is 0 Å². The van der Waals surface area contributed by atoms with E-state index < -0.39 is 0 Å². The molecule has 2 aromatic carbocycles. The highest BCUT2D eigenvalue weighted by molar-refractivity contribution is 5.46. The van der Waals surface area contributed by atoms with Crippen LogP contribution < -0.4 is 9.47 Å². The Morgan fingerprint density at radius 2 is 1.81 bits per heavy atom. The van der Waals surface area contributed by atoms with Crippen LogP contribution in [0.25, 0.3) is 0 Å². The predicted octanol–water partition coefficient (Wildman–Crippen LogP) is 3.97. The van der Waals surface area contributed by atoms with E-state index in [4.69, 9.17) is 14.7 Å². The molecule has 0 aliphatic heterocycles. The maximum absolute atomic E-state index is 8.86. The molecule has 0 aliphatic carbocycles. The van der Waals surface area contributed by atoms with Crippen LogP contribution in [0.1, 0.15) is 24.0 Å². The Morgan fingerprint density at radius 1 is 1.00 bits per heavy atom. The van der Waals surface area contributed by atoms with Crippen LogP contribution in [0.2, 0.25) is 0 Å². The lowest BCUT2D eigenvalue weighted by molar-refractivity contribution is 0.286. The minimum atomic E-state index is 0.572. The molecule has 0 saturated carbocycles. The Balaban J connectivity index is 1.77. The lowest BCUT2D eigenvalue weighted by atomic mass is 10.1. The topological polar surface area (TPSA) is 42.2 Å². The Bertz CT molecular complexity index is 602. The van der Waals surface area contributed by atoms with Gasteiger partial charge < -0.3 is 9.47 Å². The molecule has 2 aromatic rings. The summed E-state index contributed by atoms with van der Waals surface area (Å²) < 4.78 is 11.0. The molecule has 0 saturated heterocycles. The molecule has 0 unspecified atom stereocenters. The van der Waals surface area contributed by atoms with Crippen LogP contribution in [0, 0.1) is 11.3 Å². The first-order valence-electron chi connectivity index (χ1n) is 7.08. The smallest absolute Gasteiger partial charge is 0.162 e. The molecule has 0 fully saturated rings. The van der Waals surface area contributed by atoms with E-state index in [9.17, 15) is 0 Å². The van der Waals surface area contributed by atoms with E-state index in [0.717, 1.165) is 19.3 Å². The first kappa shape index (κ1) is 14.9. The summed E-state index contributed by atoms with van der Waals surface area (Å²) in [5, 5.41) is 8.86. The van der Waals surface area contributed by atoms with Crippen molar-refractivity contribution >= 4 is 0 Å². The van der Waals surface area contributed by atoms with Crippen LogP contribution in [0.5, 0.6) is 11.5 Å². The molecule has 21 heavy (non-hydrogen) atoms. The zero-order valence-electron chi connectivity index (χ0n) is 12.2. The molecular formula is C18H19NO2. The van der Waals surface area contributed by atoms with Crippen molar-refractivity contribution in [3.8, 4) is 17.6 Å². The highest BCUT2D eigenvalue weighted by Gasteiger charge is 2.05. The molecular weight excluding hydrogens is 262 g/mol. The number of methoxy groups -OCH3 is 1. The summed E-state index contributed by atoms with van der Waals surface area (Å²) in [6, 6.07) is 17.7. The summed E-state index contributed by atoms with van der Waals surface area (Å²) in [4.78, 5) is 0. The van der Waals surface area contributed by atoms with Crippen LogP contribution in [-0.4, -0.2) is 13.7 Å². The summed E-state index contributed by atoms with van der Waals surface area (Å²) in [5.41, 5.74) is 1.93. The summed E-state index contributed by atoms with van der Waals surface area (Å²) in [7, 11) is 1.58. The number of rotatable bonds is 7. The van der Waals surface area contributed by atoms with Gasteiger partial charge in [-0.25, -0.2) is 0 Å². The van der Waals surface area contributed by atoms with Gasteiger partial charge in [0.2, 0.25) is 0 Å². The van der Waals surface area contributed by atoms with Crippen molar-refractivity contribution in [3.63, 3.8) is 0 Å². The molecule has 0 atom stereocenters. The predicted molar refractivity (Wildman–Crippen MR) is 82.6 cm³/mol. The van der Waals surface area contributed by atoms with E-state index in [2.05, 4.69) is 30.3 Å². The zero-order chi connectivity index (χ0) is 14.9. The first-order valence-corrected chi connectivity index (χ1v) is 7.08. The highest BCUT2D eigenvalue weighted by Crippen LogP contribution is 2.27. The Hall–Kier alpha value is -2.47. The number of hydrogen-bond acceptors (Lipinski definition) is 3. The molecule has 3 nitrogen and oxygen atoms in total. The lowest BCUT2D eigenvalue weighted by Crippen LogP contribution is -2.00. The van der Waals surface area contributed by atoms with Gasteiger partial charge >= 0.3 is 0 Å². The van der Waals surface area contributed by atoms with Crippen molar-refractivity contribution in [2.75, 3.05) is 13.7 Å². The number of nitrogens with zero attached hydrogens (tertiary/aromatic N) is 1. The van der Waals surface area contributed by atoms with Crippen molar-refractivity contribution < 1.29 is 9.47 Å². The normalized spacial score (nSPS) is 9.90. The molecule has 0 N–H and O–H groups in total. The number of unbranched alkanes of at least 4 members (excludes halogenated alkanes) is 1. The minimum absolute atomic E-state index is 0.572. The standard InChI is InChI=1S/C18H19NO2/c1-20-18-13-16(14-19)10-11-17(18)21-12-6-5-9-15-7-3-2-4-8-15/h2-4,7-8,10-11,13H,5-6,9,12H2,1H3. The van der Waals surface area contributed by atoms with E-state index >= 15 is 0 Å². The van der Waals surface area contributed by atoms with Gasteiger partial charge in [-0.3, -0.25) is 0 Å². The van der Waals surface area contributed by atoms with Gasteiger partial charge in [-0.2, -0.15) is 5.26 Å². The van der Waals surface area contributed by atoms with Crippen molar-refractivity contribution in [2.24, 2.45) is 0 Å². The largest absolute Gasteiger partial charge is 0.493 e. The molecule has 0 heterocycles. The summed E-state index contributed by atoms with van der Waals surface area (Å²) in [6.07, 6.45) is 3.13. The quantitative estimate of drug-likeness (QED) is 0.721. The summed E-state index contributed by atoms with van der Waals surface area (Å²) in [5.74, 6) is 1.30. The average molecular weight is 281 g/mol. The zero-order valence-corrected chi connectivity index (χ0v) is 12.2. The molecule has 0 bridgehead atoms. The van der Waals surface area contributed by atoms with Gasteiger partial charge in [-0.15, -0.1) is 0 Å². The first-order chi connectivity index (χ1) is 10.3. The van der Waals surface area contributed by atoms with Gasteiger partial charge in [0.1, 0.15) is 0 Å². The van der Waals surface area contributed by atoms with Crippen LogP contribution in [0.4, 0.5) is 0 Å². The fourth-order valence-electron chi connectivity index (χ4n) is 2.11. The summed E-state index contributed by atoms with van der Waals surface area (Å²) >= 11 is 0. The molecule has 0 aromatic heterocycles. The van der Waals surface area contributed by atoms with Crippen LogP contribution >= 0.6 is 0 Å². The van der Waals surface area contributed by atoms with Crippen LogP contribution in [0.3, 0.4) is 0 Å². The fraction of sp³-hybridized carbons (Fsp3) is 0.278. The number of aryl methyl sites for hydroxylation is 1. The number of nitriles is 1. The number of benzene rings is 2. The Kier molecular flexibility index (Phi) is 5.66. The molecule has 108 valence electrons. The highest BCUT2D eigenvalue weighted by atomic mass is 16.5. The van der Waals surface area contributed by atoms with E-state index in [0.29, 0.717) is 23.7 Å². The van der Waals surface area contributed by atoms with Gasteiger partial charge in [0.15, 0.2) is 11.5 Å². The molecule has 0 amide bonds. The maximum Gasteiger partial charge on any atom is 0.162 e. The van der Waals surface area contributed by atoms with Gasteiger partial charge in [0.05, 0.1) is 25.3 Å². The van der Waals surface area contributed by atoms with Gasteiger partial charge in [0, 0.05) is 6.07 Å². The van der Waals surface area contributed by atoms with Gasteiger partial charge in [-0.1, -0.05) is 30.3 Å². The molecule has 0 spiro atoms. The number of hydrogen-bond donors (Lipinski definition) is 0. The third kappa shape index (κ3) is 4.54. The molecule has 3 heteroatoms. The minimum Gasteiger partial charge on any atom is -0.493 e. The van der Waals surface area contributed by atoms with Crippen LogP contribution in [0.15, 0.2) is 48.5 Å². The van der Waals surface area contributed by atoms with Crippen molar-refractivity contribution in [1.82, 2.24) is 0 Å². The SMILES string of the molecule is COc1cc(C#N)ccc1OCCCCc1ccccc1. The van der Waals surface area contributed by atoms with Crippen molar-refractivity contribution in [2.45, 2.75) is 19.3 Å². The summed E-state index contributed by atoms with van der Waals surface area (Å²) in [6.45, 7) is 0.648.